The summed E-state index contributed by atoms with van der Waals surface area (Å²) < 4.78 is 37.1. The van der Waals surface area contributed by atoms with Crippen LogP contribution in [0.4, 0.5) is 0 Å². The van der Waals surface area contributed by atoms with Crippen LogP contribution in [0.1, 0.15) is 64.1 Å². The Morgan fingerprint density at radius 2 is 1.88 bits per heavy atom. The summed E-state index contributed by atoms with van der Waals surface area (Å²) >= 11 is 0. The lowest BCUT2D eigenvalue weighted by Crippen LogP contribution is -2.48. The fourth-order valence-electron chi connectivity index (χ4n) is 3.92. The van der Waals surface area contributed by atoms with Crippen LogP contribution in [-0.2, 0) is 28.1 Å². The van der Waals surface area contributed by atoms with E-state index in [9.17, 15) is 8.42 Å². The minimum atomic E-state index is -3.53. The molecular weight excluding hydrogens is 354 g/mol. The van der Waals surface area contributed by atoms with Crippen molar-refractivity contribution in [1.29, 1.82) is 0 Å². The molecule has 0 aromatic carbocycles. The van der Waals surface area contributed by atoms with Gasteiger partial charge in [-0.25, -0.2) is 9.67 Å². The zero-order valence-corrected chi connectivity index (χ0v) is 17.0. The highest BCUT2D eigenvalue weighted by Crippen LogP contribution is 2.35. The normalized spacial score (nSPS) is 23.2. The van der Waals surface area contributed by atoms with Gasteiger partial charge in [0.2, 0.25) is 0 Å². The summed E-state index contributed by atoms with van der Waals surface area (Å²) in [6.45, 7) is 8.93. The molecule has 1 saturated heterocycles. The smallest absolute Gasteiger partial charge is 0.280 e. The maximum atomic E-state index is 12.9. The first kappa shape index (κ1) is 19.7. The summed E-state index contributed by atoms with van der Waals surface area (Å²) in [6.07, 6.45) is 3.43. The third kappa shape index (κ3) is 4.27. The molecule has 0 amide bonds. The van der Waals surface area contributed by atoms with E-state index in [0.717, 1.165) is 32.2 Å². The maximum Gasteiger partial charge on any atom is 0.280 e. The average Bonchev–Trinajstić information content (AvgIpc) is 2.98. The Labute approximate surface area is 156 Å². The van der Waals surface area contributed by atoms with Gasteiger partial charge in [0.25, 0.3) is 10.2 Å². The number of rotatable bonds is 5. The van der Waals surface area contributed by atoms with E-state index in [-0.39, 0.29) is 11.5 Å². The van der Waals surface area contributed by atoms with E-state index in [1.807, 2.05) is 0 Å². The van der Waals surface area contributed by atoms with Gasteiger partial charge in [-0.15, -0.1) is 0 Å². The van der Waals surface area contributed by atoms with Gasteiger partial charge in [-0.1, -0.05) is 20.8 Å². The summed E-state index contributed by atoms with van der Waals surface area (Å²) in [5, 5.41) is 4.40. The lowest BCUT2D eigenvalue weighted by molar-refractivity contribution is 0.153. The molecule has 0 spiro atoms. The van der Waals surface area contributed by atoms with Crippen molar-refractivity contribution in [2.75, 3.05) is 20.2 Å². The third-order valence-electron chi connectivity index (χ3n) is 5.50. The maximum absolute atomic E-state index is 12.9. The topological polar surface area (TPSA) is 89.3 Å². The minimum absolute atomic E-state index is 0.223. The lowest BCUT2D eigenvalue weighted by Gasteiger charge is -2.38. The highest BCUT2D eigenvalue weighted by atomic mass is 32.2. The predicted octanol–water partition coefficient (Wildman–Crippen LogP) is 1.85. The first-order valence-electron chi connectivity index (χ1n) is 9.40. The second-order valence-corrected chi connectivity index (χ2v) is 10.1. The van der Waals surface area contributed by atoms with Crippen molar-refractivity contribution < 1.29 is 13.2 Å². The Kier molecular flexibility index (Phi) is 5.72. The number of nitrogens with zero attached hydrogens (tertiary/aromatic N) is 4. The van der Waals surface area contributed by atoms with Crippen LogP contribution in [0.3, 0.4) is 0 Å². The molecule has 0 bridgehead atoms. The van der Waals surface area contributed by atoms with E-state index in [1.54, 1.807) is 16.1 Å². The van der Waals surface area contributed by atoms with Gasteiger partial charge in [0, 0.05) is 26.7 Å². The molecule has 3 rings (SSSR count). The summed E-state index contributed by atoms with van der Waals surface area (Å²) in [5.41, 5.74) is 0.223. The van der Waals surface area contributed by atoms with E-state index in [0.29, 0.717) is 37.3 Å². The summed E-state index contributed by atoms with van der Waals surface area (Å²) in [5.74, 6) is 1.85. The molecule has 1 N–H and O–H groups in total. The van der Waals surface area contributed by atoms with Crippen LogP contribution in [0.2, 0.25) is 0 Å². The SMILES string of the molecule is COCc1nc2n(n1)CCC[C@@H]2NS(=O)(=O)N1CCC(C(C)(C)C)CC1. The number of nitrogens with one attached hydrogen (secondary N) is 1. The molecule has 2 aliphatic heterocycles. The molecule has 0 radical (unpaired) electrons. The molecule has 1 fully saturated rings. The van der Waals surface area contributed by atoms with Crippen LogP contribution in [0.5, 0.6) is 0 Å². The Hall–Kier alpha value is -1.03. The zero-order valence-electron chi connectivity index (χ0n) is 16.2. The first-order chi connectivity index (χ1) is 12.2. The van der Waals surface area contributed by atoms with E-state index in [2.05, 4.69) is 35.6 Å². The molecule has 2 aliphatic rings. The number of aromatic nitrogens is 3. The van der Waals surface area contributed by atoms with Crippen molar-refractivity contribution in [3.05, 3.63) is 11.6 Å². The van der Waals surface area contributed by atoms with Crippen molar-refractivity contribution in [2.45, 2.75) is 65.6 Å². The fraction of sp³-hybridized carbons (Fsp3) is 0.882. The molecule has 8 nitrogen and oxygen atoms in total. The Morgan fingerprint density at radius 3 is 2.50 bits per heavy atom. The molecule has 26 heavy (non-hydrogen) atoms. The molecule has 1 atom stereocenters. The van der Waals surface area contributed by atoms with Crippen molar-refractivity contribution in [3.8, 4) is 0 Å². The second kappa shape index (κ2) is 7.53. The van der Waals surface area contributed by atoms with Crippen molar-refractivity contribution in [2.24, 2.45) is 11.3 Å². The van der Waals surface area contributed by atoms with E-state index in [1.165, 1.54) is 0 Å². The van der Waals surface area contributed by atoms with E-state index in [4.69, 9.17) is 4.74 Å². The zero-order chi connectivity index (χ0) is 18.9. The van der Waals surface area contributed by atoms with Crippen molar-refractivity contribution >= 4 is 10.2 Å². The monoisotopic (exact) mass is 385 g/mol. The number of methoxy groups -OCH3 is 1. The molecule has 1 aromatic rings. The van der Waals surface area contributed by atoms with Crippen molar-refractivity contribution in [1.82, 2.24) is 23.8 Å². The highest BCUT2D eigenvalue weighted by Gasteiger charge is 2.35. The van der Waals surface area contributed by atoms with Gasteiger partial charge < -0.3 is 4.74 Å². The minimum Gasteiger partial charge on any atom is -0.377 e. The number of fused-ring (bicyclic) bond motifs is 1. The molecule has 148 valence electrons. The number of ether oxygens (including phenoxy) is 1. The van der Waals surface area contributed by atoms with Crippen LogP contribution < -0.4 is 4.72 Å². The van der Waals surface area contributed by atoms with Crippen LogP contribution in [-0.4, -0.2) is 47.7 Å². The number of aryl methyl sites for hydroxylation is 1. The molecular formula is C17H31N5O3S. The van der Waals surface area contributed by atoms with E-state index < -0.39 is 10.2 Å². The standard InChI is InChI=1S/C17H31N5O3S/c1-17(2,3)13-7-10-21(11-8-13)26(23,24)20-14-6-5-9-22-16(14)18-15(19-22)12-25-4/h13-14,20H,5-12H2,1-4H3/t14-/m0/s1. The lowest BCUT2D eigenvalue weighted by atomic mass is 9.76. The second-order valence-electron chi connectivity index (χ2n) is 8.40. The molecule has 1 aromatic heterocycles. The van der Waals surface area contributed by atoms with Gasteiger partial charge in [-0.05, 0) is 37.0 Å². The van der Waals surface area contributed by atoms with Crippen LogP contribution in [0.15, 0.2) is 0 Å². The number of hydrogen-bond donors (Lipinski definition) is 1. The predicted molar refractivity (Wildman–Crippen MR) is 98.5 cm³/mol. The van der Waals surface area contributed by atoms with Gasteiger partial charge in [-0.3, -0.25) is 0 Å². The van der Waals surface area contributed by atoms with Crippen molar-refractivity contribution in [3.63, 3.8) is 0 Å². The third-order valence-corrected chi connectivity index (χ3v) is 7.13. The largest absolute Gasteiger partial charge is 0.377 e. The number of hydrogen-bond acceptors (Lipinski definition) is 5. The Balaban J connectivity index is 1.68. The first-order valence-corrected chi connectivity index (χ1v) is 10.8. The van der Waals surface area contributed by atoms with Gasteiger partial charge in [0.1, 0.15) is 12.4 Å². The molecule has 0 saturated carbocycles. The Bertz CT molecular complexity index is 717. The van der Waals surface area contributed by atoms with Gasteiger partial charge in [0.15, 0.2) is 5.82 Å². The Morgan fingerprint density at radius 1 is 1.19 bits per heavy atom. The number of piperidine rings is 1. The van der Waals surface area contributed by atoms with E-state index >= 15 is 0 Å². The van der Waals surface area contributed by atoms with Gasteiger partial charge in [-0.2, -0.15) is 22.5 Å². The molecule has 3 heterocycles. The van der Waals surface area contributed by atoms with Gasteiger partial charge in [0.05, 0.1) is 6.04 Å². The quantitative estimate of drug-likeness (QED) is 0.835. The summed E-state index contributed by atoms with van der Waals surface area (Å²) in [4.78, 5) is 4.48. The van der Waals surface area contributed by atoms with Crippen LogP contribution >= 0.6 is 0 Å². The summed E-state index contributed by atoms with van der Waals surface area (Å²) in [7, 11) is -1.93. The fourth-order valence-corrected chi connectivity index (χ4v) is 5.34. The van der Waals surface area contributed by atoms with Gasteiger partial charge >= 0.3 is 0 Å². The van der Waals surface area contributed by atoms with Crippen LogP contribution in [0, 0.1) is 11.3 Å². The highest BCUT2D eigenvalue weighted by molar-refractivity contribution is 7.87. The summed E-state index contributed by atoms with van der Waals surface area (Å²) in [6, 6.07) is -0.327. The average molecular weight is 386 g/mol. The molecule has 0 aliphatic carbocycles. The molecule has 9 heteroatoms. The van der Waals surface area contributed by atoms with Crippen LogP contribution in [0.25, 0.3) is 0 Å². The molecule has 0 unspecified atom stereocenters.